The third-order valence-corrected chi connectivity index (χ3v) is 2.04. The third kappa shape index (κ3) is 4.79. The summed E-state index contributed by atoms with van der Waals surface area (Å²) in [6, 6.07) is 3.66. The highest BCUT2D eigenvalue weighted by Crippen LogP contribution is 2.07. The molecule has 2 N–H and O–H groups in total. The summed E-state index contributed by atoms with van der Waals surface area (Å²) >= 11 is 0. The number of aliphatic hydroxyl groups is 1. The van der Waals surface area contributed by atoms with Crippen LogP contribution in [0, 0.1) is 6.92 Å². The van der Waals surface area contributed by atoms with E-state index in [0.717, 1.165) is 12.2 Å². The lowest BCUT2D eigenvalue weighted by Gasteiger charge is -1.99. The number of carbonyl (C=O) groups is 1. The van der Waals surface area contributed by atoms with Gasteiger partial charge in [0.25, 0.3) is 0 Å². The van der Waals surface area contributed by atoms with Gasteiger partial charge in [-0.3, -0.25) is 4.79 Å². The summed E-state index contributed by atoms with van der Waals surface area (Å²) in [5, 5.41) is 11.3. The molecule has 0 aromatic carbocycles. The summed E-state index contributed by atoms with van der Waals surface area (Å²) in [5.41, 5.74) is 0. The van der Waals surface area contributed by atoms with Crippen molar-refractivity contribution in [2.45, 2.75) is 19.8 Å². The molecular weight excluding hydrogens is 206 g/mol. The molecule has 0 fully saturated rings. The minimum Gasteiger partial charge on any atom is -0.462 e. The Morgan fingerprint density at radius 3 is 2.94 bits per heavy atom. The Kier molecular flexibility index (Phi) is 5.36. The number of furan rings is 1. The number of aryl methyl sites for hydroxylation is 1. The van der Waals surface area contributed by atoms with Crippen LogP contribution in [0.5, 0.6) is 0 Å². The third-order valence-electron chi connectivity index (χ3n) is 2.04. The van der Waals surface area contributed by atoms with Crippen molar-refractivity contribution in [3.8, 4) is 0 Å². The van der Waals surface area contributed by atoms with Crippen LogP contribution in [0.2, 0.25) is 0 Å². The van der Waals surface area contributed by atoms with Gasteiger partial charge in [-0.2, -0.15) is 0 Å². The molecule has 1 aromatic rings. The van der Waals surface area contributed by atoms with Crippen molar-refractivity contribution in [1.82, 2.24) is 5.32 Å². The quantitative estimate of drug-likeness (QED) is 0.567. The summed E-state index contributed by atoms with van der Waals surface area (Å²) in [6.45, 7) is 2.60. The number of rotatable bonds is 6. The Hall–Kier alpha value is -1.55. The molecule has 0 aliphatic rings. The first-order chi connectivity index (χ1) is 7.72. The van der Waals surface area contributed by atoms with Gasteiger partial charge in [0.1, 0.15) is 11.5 Å². The highest BCUT2D eigenvalue weighted by Gasteiger charge is 1.96. The number of unbranched alkanes of at least 4 members (excludes halogenated alkanes) is 1. The van der Waals surface area contributed by atoms with Crippen molar-refractivity contribution in [3.05, 3.63) is 29.7 Å². The van der Waals surface area contributed by atoms with Gasteiger partial charge in [0, 0.05) is 19.2 Å². The fourth-order valence-electron chi connectivity index (χ4n) is 1.21. The molecule has 16 heavy (non-hydrogen) atoms. The maximum Gasteiger partial charge on any atom is 0.244 e. The Bertz CT molecular complexity index is 355. The maximum absolute atomic E-state index is 11.3. The Morgan fingerprint density at radius 2 is 2.31 bits per heavy atom. The number of aliphatic hydroxyl groups excluding tert-OH is 1. The normalized spacial score (nSPS) is 10.9. The van der Waals surface area contributed by atoms with Gasteiger partial charge in [-0.25, -0.2) is 0 Å². The van der Waals surface area contributed by atoms with Gasteiger partial charge in [0.2, 0.25) is 5.91 Å². The monoisotopic (exact) mass is 223 g/mol. The molecule has 1 heterocycles. The fourth-order valence-corrected chi connectivity index (χ4v) is 1.21. The van der Waals surface area contributed by atoms with Crippen molar-refractivity contribution < 1.29 is 14.3 Å². The lowest BCUT2D eigenvalue weighted by atomic mass is 10.3. The van der Waals surface area contributed by atoms with Crippen molar-refractivity contribution in [1.29, 1.82) is 0 Å². The van der Waals surface area contributed by atoms with E-state index < -0.39 is 0 Å². The van der Waals surface area contributed by atoms with Crippen molar-refractivity contribution in [3.63, 3.8) is 0 Å². The number of hydrogen-bond donors (Lipinski definition) is 2. The van der Waals surface area contributed by atoms with Crippen LogP contribution in [-0.2, 0) is 4.79 Å². The second kappa shape index (κ2) is 6.85. The molecule has 0 saturated carbocycles. The average Bonchev–Trinajstić information content (AvgIpc) is 2.68. The molecular formula is C12H17NO3. The Morgan fingerprint density at radius 1 is 1.50 bits per heavy atom. The van der Waals surface area contributed by atoms with E-state index in [9.17, 15) is 4.79 Å². The van der Waals surface area contributed by atoms with Crippen molar-refractivity contribution >= 4 is 12.0 Å². The first-order valence-electron chi connectivity index (χ1n) is 5.35. The highest BCUT2D eigenvalue weighted by molar-refractivity contribution is 5.91. The number of nitrogens with one attached hydrogen (secondary N) is 1. The average molecular weight is 223 g/mol. The molecule has 0 saturated heterocycles. The molecule has 1 aromatic heterocycles. The van der Waals surface area contributed by atoms with Crippen molar-refractivity contribution in [2.75, 3.05) is 13.2 Å². The highest BCUT2D eigenvalue weighted by atomic mass is 16.3. The van der Waals surface area contributed by atoms with E-state index in [1.807, 2.05) is 19.1 Å². The fraction of sp³-hybridized carbons (Fsp3) is 0.417. The zero-order valence-corrected chi connectivity index (χ0v) is 9.40. The second-order valence-electron chi connectivity index (χ2n) is 3.50. The van der Waals surface area contributed by atoms with Gasteiger partial charge in [0.05, 0.1) is 0 Å². The maximum atomic E-state index is 11.3. The standard InChI is InChI=1S/C12H17NO3/c1-10-4-5-11(16-10)6-7-12(15)13-8-2-3-9-14/h4-7,14H,2-3,8-9H2,1H3,(H,13,15)/b7-6+. The van der Waals surface area contributed by atoms with Crippen LogP contribution in [0.4, 0.5) is 0 Å². The Labute approximate surface area is 95.0 Å². The molecule has 4 nitrogen and oxygen atoms in total. The molecule has 1 rings (SSSR count). The van der Waals surface area contributed by atoms with Crippen LogP contribution in [0.15, 0.2) is 22.6 Å². The number of carbonyl (C=O) groups excluding carboxylic acids is 1. The van der Waals surface area contributed by atoms with Crippen LogP contribution in [0.25, 0.3) is 6.08 Å². The summed E-state index contributed by atoms with van der Waals surface area (Å²) in [6.07, 6.45) is 4.57. The summed E-state index contributed by atoms with van der Waals surface area (Å²) in [7, 11) is 0. The molecule has 0 atom stereocenters. The first-order valence-corrected chi connectivity index (χ1v) is 5.35. The molecule has 0 aliphatic heterocycles. The van der Waals surface area contributed by atoms with Crippen molar-refractivity contribution in [2.24, 2.45) is 0 Å². The van der Waals surface area contributed by atoms with Gasteiger partial charge in [0.15, 0.2) is 0 Å². The van der Waals surface area contributed by atoms with Gasteiger partial charge in [-0.15, -0.1) is 0 Å². The van der Waals surface area contributed by atoms with Gasteiger partial charge < -0.3 is 14.8 Å². The number of hydrogen-bond acceptors (Lipinski definition) is 3. The first kappa shape index (κ1) is 12.5. The van der Waals surface area contributed by atoms with E-state index in [1.54, 1.807) is 6.08 Å². The van der Waals surface area contributed by atoms with E-state index in [4.69, 9.17) is 9.52 Å². The minimum atomic E-state index is -0.146. The Balaban J connectivity index is 2.26. The van der Waals surface area contributed by atoms with Crippen LogP contribution in [-0.4, -0.2) is 24.2 Å². The van der Waals surface area contributed by atoms with Gasteiger partial charge in [-0.1, -0.05) is 0 Å². The summed E-state index contributed by atoms with van der Waals surface area (Å²) in [5.74, 6) is 1.35. The van der Waals surface area contributed by atoms with Crippen LogP contribution >= 0.6 is 0 Å². The predicted molar refractivity (Wildman–Crippen MR) is 61.8 cm³/mol. The number of amides is 1. The summed E-state index contributed by atoms with van der Waals surface area (Å²) in [4.78, 5) is 11.3. The second-order valence-corrected chi connectivity index (χ2v) is 3.50. The smallest absolute Gasteiger partial charge is 0.244 e. The topological polar surface area (TPSA) is 62.5 Å². The van der Waals surface area contributed by atoms with E-state index in [1.165, 1.54) is 6.08 Å². The molecule has 88 valence electrons. The molecule has 0 spiro atoms. The lowest BCUT2D eigenvalue weighted by Crippen LogP contribution is -2.22. The van der Waals surface area contributed by atoms with E-state index in [0.29, 0.717) is 18.7 Å². The van der Waals surface area contributed by atoms with Gasteiger partial charge >= 0.3 is 0 Å². The molecule has 1 amide bonds. The molecule has 0 aliphatic carbocycles. The minimum absolute atomic E-state index is 0.146. The molecule has 0 bridgehead atoms. The largest absolute Gasteiger partial charge is 0.462 e. The summed E-state index contributed by atoms with van der Waals surface area (Å²) < 4.78 is 5.28. The SMILES string of the molecule is Cc1ccc(/C=C/C(=O)NCCCCO)o1. The predicted octanol–water partition coefficient (Wildman–Crippen LogP) is 1.49. The van der Waals surface area contributed by atoms with E-state index >= 15 is 0 Å². The van der Waals surface area contributed by atoms with Gasteiger partial charge in [-0.05, 0) is 38.0 Å². The van der Waals surface area contributed by atoms with E-state index in [2.05, 4.69) is 5.32 Å². The van der Waals surface area contributed by atoms with Crippen LogP contribution in [0.3, 0.4) is 0 Å². The zero-order chi connectivity index (χ0) is 11.8. The van der Waals surface area contributed by atoms with E-state index in [-0.39, 0.29) is 12.5 Å². The molecule has 0 radical (unpaired) electrons. The molecule has 4 heteroatoms. The van der Waals surface area contributed by atoms with Crippen LogP contribution < -0.4 is 5.32 Å². The molecule has 0 unspecified atom stereocenters. The van der Waals surface area contributed by atoms with Crippen LogP contribution in [0.1, 0.15) is 24.4 Å². The zero-order valence-electron chi connectivity index (χ0n) is 9.40. The lowest BCUT2D eigenvalue weighted by molar-refractivity contribution is -0.116.